The summed E-state index contributed by atoms with van der Waals surface area (Å²) in [6.45, 7) is 0.601. The molecule has 7 heteroatoms. The monoisotopic (exact) mass is 335 g/mol. The number of hydrogen-bond donors (Lipinski definition) is 2. The van der Waals surface area contributed by atoms with Crippen LogP contribution in [-0.2, 0) is 6.54 Å². The molecular weight excluding hydrogens is 318 g/mol. The van der Waals surface area contributed by atoms with E-state index in [4.69, 9.17) is 4.74 Å². The molecule has 0 saturated heterocycles. The Morgan fingerprint density at radius 1 is 1.04 bits per heavy atom. The molecule has 0 unspecified atom stereocenters. The molecule has 0 aliphatic rings. The zero-order chi connectivity index (χ0) is 17.5. The number of pyridine rings is 1. The Morgan fingerprint density at radius 2 is 1.84 bits per heavy atom. The summed E-state index contributed by atoms with van der Waals surface area (Å²) >= 11 is 0. The predicted molar refractivity (Wildman–Crippen MR) is 94.5 cm³/mol. The van der Waals surface area contributed by atoms with Crippen molar-refractivity contribution in [3.63, 3.8) is 0 Å². The Kier molecular flexibility index (Phi) is 5.16. The number of ether oxygens (including phenoxy) is 1. The van der Waals surface area contributed by atoms with Crippen molar-refractivity contribution >= 4 is 17.4 Å². The number of rotatable bonds is 6. The Labute approximate surface area is 145 Å². The van der Waals surface area contributed by atoms with Crippen LogP contribution in [0.15, 0.2) is 60.9 Å². The van der Waals surface area contributed by atoms with Crippen LogP contribution in [0.25, 0.3) is 0 Å². The Bertz CT molecular complexity index is 838. The molecule has 0 spiro atoms. The molecule has 3 rings (SSSR count). The van der Waals surface area contributed by atoms with Crippen molar-refractivity contribution in [2.45, 2.75) is 6.54 Å². The van der Waals surface area contributed by atoms with Crippen LogP contribution in [-0.4, -0.2) is 28.2 Å². The third-order valence-corrected chi connectivity index (χ3v) is 3.48. The molecular formula is C18H17N5O2. The summed E-state index contributed by atoms with van der Waals surface area (Å²) < 4.78 is 5.21. The third kappa shape index (κ3) is 4.29. The SMILES string of the molecule is COc1ccccc1NC(=O)c1ccc(NCc2ccncc2)nn1. The average molecular weight is 335 g/mol. The molecule has 0 fully saturated rings. The first-order valence-corrected chi connectivity index (χ1v) is 7.67. The van der Waals surface area contributed by atoms with Crippen LogP contribution >= 0.6 is 0 Å². The van der Waals surface area contributed by atoms with Gasteiger partial charge in [0.05, 0.1) is 12.8 Å². The minimum Gasteiger partial charge on any atom is -0.495 e. The van der Waals surface area contributed by atoms with E-state index in [1.165, 1.54) is 0 Å². The molecule has 1 aromatic carbocycles. The maximum absolute atomic E-state index is 12.3. The topological polar surface area (TPSA) is 89.0 Å². The Hall–Kier alpha value is -3.48. The summed E-state index contributed by atoms with van der Waals surface area (Å²) in [5.74, 6) is 0.822. The molecule has 2 N–H and O–H groups in total. The molecule has 2 aromatic heterocycles. The molecule has 3 aromatic rings. The molecule has 0 radical (unpaired) electrons. The van der Waals surface area contributed by atoms with Crippen molar-refractivity contribution in [1.29, 1.82) is 0 Å². The van der Waals surface area contributed by atoms with Crippen LogP contribution in [0.4, 0.5) is 11.5 Å². The van der Waals surface area contributed by atoms with Crippen molar-refractivity contribution in [2.75, 3.05) is 17.7 Å². The molecule has 126 valence electrons. The lowest BCUT2D eigenvalue weighted by atomic mass is 10.2. The van der Waals surface area contributed by atoms with Crippen LogP contribution in [0.2, 0.25) is 0 Å². The van der Waals surface area contributed by atoms with Gasteiger partial charge in [-0.1, -0.05) is 12.1 Å². The maximum Gasteiger partial charge on any atom is 0.276 e. The van der Waals surface area contributed by atoms with Gasteiger partial charge in [0.1, 0.15) is 11.6 Å². The second-order valence-electron chi connectivity index (χ2n) is 5.17. The molecule has 1 amide bonds. The largest absolute Gasteiger partial charge is 0.495 e. The smallest absolute Gasteiger partial charge is 0.276 e. The molecule has 0 atom stereocenters. The number of methoxy groups -OCH3 is 1. The van der Waals surface area contributed by atoms with Gasteiger partial charge in [-0.15, -0.1) is 10.2 Å². The summed E-state index contributed by atoms with van der Waals surface area (Å²) in [4.78, 5) is 16.2. The van der Waals surface area contributed by atoms with E-state index in [0.717, 1.165) is 5.56 Å². The first kappa shape index (κ1) is 16.4. The normalized spacial score (nSPS) is 10.1. The maximum atomic E-state index is 12.3. The highest BCUT2D eigenvalue weighted by Crippen LogP contribution is 2.23. The van der Waals surface area contributed by atoms with E-state index in [2.05, 4.69) is 25.8 Å². The Morgan fingerprint density at radius 3 is 2.56 bits per heavy atom. The first-order chi connectivity index (χ1) is 12.3. The molecule has 2 heterocycles. The van der Waals surface area contributed by atoms with Gasteiger partial charge in [0, 0.05) is 18.9 Å². The van der Waals surface area contributed by atoms with Crippen LogP contribution < -0.4 is 15.4 Å². The van der Waals surface area contributed by atoms with Crippen LogP contribution in [0.3, 0.4) is 0 Å². The molecule has 25 heavy (non-hydrogen) atoms. The lowest BCUT2D eigenvalue weighted by molar-refractivity contribution is 0.102. The number of nitrogens with zero attached hydrogens (tertiary/aromatic N) is 3. The van der Waals surface area contributed by atoms with E-state index in [0.29, 0.717) is 23.8 Å². The fraction of sp³-hybridized carbons (Fsp3) is 0.111. The number of anilines is 2. The van der Waals surface area contributed by atoms with E-state index in [9.17, 15) is 4.79 Å². The second kappa shape index (κ2) is 7.87. The van der Waals surface area contributed by atoms with Gasteiger partial charge < -0.3 is 15.4 Å². The lowest BCUT2D eigenvalue weighted by Crippen LogP contribution is -2.15. The summed E-state index contributed by atoms with van der Waals surface area (Å²) in [5.41, 5.74) is 1.88. The summed E-state index contributed by atoms with van der Waals surface area (Å²) in [5, 5.41) is 13.9. The standard InChI is InChI=1S/C18H17N5O2/c1-25-16-5-3-2-4-14(16)21-18(24)15-6-7-17(23-22-15)20-12-13-8-10-19-11-9-13/h2-11H,12H2,1H3,(H,20,23)(H,21,24). The number of nitrogens with one attached hydrogen (secondary N) is 2. The molecule has 7 nitrogen and oxygen atoms in total. The van der Waals surface area contributed by atoms with Crippen LogP contribution in [0, 0.1) is 0 Å². The van der Waals surface area contributed by atoms with E-state index >= 15 is 0 Å². The van der Waals surface area contributed by atoms with Gasteiger partial charge in [0.15, 0.2) is 5.69 Å². The molecule has 0 aliphatic carbocycles. The molecule has 0 aliphatic heterocycles. The zero-order valence-electron chi connectivity index (χ0n) is 13.6. The quantitative estimate of drug-likeness (QED) is 0.720. The van der Waals surface area contributed by atoms with E-state index in [1.54, 1.807) is 43.8 Å². The van der Waals surface area contributed by atoms with Gasteiger partial charge in [-0.2, -0.15) is 0 Å². The van der Waals surface area contributed by atoms with Crippen molar-refractivity contribution in [3.8, 4) is 5.75 Å². The minimum atomic E-state index is -0.349. The first-order valence-electron chi connectivity index (χ1n) is 7.67. The van der Waals surface area contributed by atoms with Gasteiger partial charge in [0.25, 0.3) is 5.91 Å². The number of carbonyl (C=O) groups is 1. The highest BCUT2D eigenvalue weighted by Gasteiger charge is 2.11. The minimum absolute atomic E-state index is 0.223. The lowest BCUT2D eigenvalue weighted by Gasteiger charge is -2.09. The van der Waals surface area contributed by atoms with Gasteiger partial charge >= 0.3 is 0 Å². The number of para-hydroxylation sites is 2. The highest BCUT2D eigenvalue weighted by molar-refractivity contribution is 6.03. The highest BCUT2D eigenvalue weighted by atomic mass is 16.5. The number of hydrogen-bond acceptors (Lipinski definition) is 6. The summed E-state index contributed by atoms with van der Waals surface area (Å²) in [6.07, 6.45) is 3.46. The zero-order valence-corrected chi connectivity index (χ0v) is 13.6. The second-order valence-corrected chi connectivity index (χ2v) is 5.17. The third-order valence-electron chi connectivity index (χ3n) is 3.48. The van der Waals surface area contributed by atoms with E-state index < -0.39 is 0 Å². The average Bonchev–Trinajstić information content (AvgIpc) is 2.68. The Balaban J connectivity index is 1.62. The van der Waals surface area contributed by atoms with Crippen LogP contribution in [0.1, 0.15) is 16.1 Å². The molecule has 0 saturated carbocycles. The van der Waals surface area contributed by atoms with Crippen LogP contribution in [0.5, 0.6) is 5.75 Å². The summed E-state index contributed by atoms with van der Waals surface area (Å²) in [6, 6.07) is 14.3. The fourth-order valence-electron chi connectivity index (χ4n) is 2.18. The predicted octanol–water partition coefficient (Wildman–Crippen LogP) is 2.74. The van der Waals surface area contributed by atoms with Gasteiger partial charge in [0.2, 0.25) is 0 Å². The van der Waals surface area contributed by atoms with Crippen molar-refractivity contribution < 1.29 is 9.53 Å². The van der Waals surface area contributed by atoms with Crippen molar-refractivity contribution in [2.24, 2.45) is 0 Å². The fourth-order valence-corrected chi connectivity index (χ4v) is 2.18. The van der Waals surface area contributed by atoms with Gasteiger partial charge in [-0.25, -0.2) is 0 Å². The van der Waals surface area contributed by atoms with Gasteiger partial charge in [-0.05, 0) is 42.0 Å². The van der Waals surface area contributed by atoms with E-state index in [-0.39, 0.29) is 11.6 Å². The number of benzene rings is 1. The van der Waals surface area contributed by atoms with Gasteiger partial charge in [-0.3, -0.25) is 9.78 Å². The van der Waals surface area contributed by atoms with E-state index in [1.807, 2.05) is 24.3 Å². The number of aromatic nitrogens is 3. The van der Waals surface area contributed by atoms with Crippen molar-refractivity contribution in [3.05, 3.63) is 72.2 Å². The number of amides is 1. The number of carbonyl (C=O) groups excluding carboxylic acids is 1. The van der Waals surface area contributed by atoms with Crippen molar-refractivity contribution in [1.82, 2.24) is 15.2 Å². The molecule has 0 bridgehead atoms. The summed E-state index contributed by atoms with van der Waals surface area (Å²) in [7, 11) is 1.55.